The molecule has 7 nitrogen and oxygen atoms in total. The summed E-state index contributed by atoms with van der Waals surface area (Å²) in [7, 11) is 9.53. The Bertz CT molecular complexity index is 478. The molecule has 0 unspecified atom stereocenters. The van der Waals surface area contributed by atoms with Crippen molar-refractivity contribution in [1.29, 1.82) is 0 Å². The van der Waals surface area contributed by atoms with Crippen LogP contribution in [0.4, 0.5) is 9.59 Å². The van der Waals surface area contributed by atoms with E-state index in [1.165, 1.54) is 12.4 Å². The third-order valence-electron chi connectivity index (χ3n) is 1.88. The molecule has 0 fully saturated rings. The normalized spacial score (nSPS) is 10.5. The number of halogens is 2. The molecule has 0 aromatic carbocycles. The van der Waals surface area contributed by atoms with Crippen LogP contribution in [-0.4, -0.2) is 42.8 Å². The van der Waals surface area contributed by atoms with Crippen molar-refractivity contribution in [2.45, 2.75) is 13.8 Å². The Balaban J connectivity index is 0.00000135. The minimum absolute atomic E-state index is 0.194. The van der Waals surface area contributed by atoms with E-state index in [2.05, 4.69) is 24.4 Å². The number of carbonyl (C=O) groups excluding carboxylic acids is 2. The molecule has 124 valence electrons. The van der Waals surface area contributed by atoms with Gasteiger partial charge in [-0.2, -0.15) is 9.98 Å². The second-order valence-electron chi connectivity index (χ2n) is 3.33. The third-order valence-corrected chi connectivity index (χ3v) is 1.88. The number of hydrogen-bond donors (Lipinski definition) is 1. The maximum atomic E-state index is 11.0. The summed E-state index contributed by atoms with van der Waals surface area (Å²) in [5.74, 6) is 0. The predicted octanol–water partition coefficient (Wildman–Crippen LogP) is 3.54. The Morgan fingerprint density at radius 3 is 1.77 bits per heavy atom. The molecule has 0 bridgehead atoms. The first kappa shape index (κ1) is 20.7. The van der Waals surface area contributed by atoms with E-state index < -0.39 is 12.2 Å². The van der Waals surface area contributed by atoms with E-state index in [-0.39, 0.29) is 26.3 Å². The van der Waals surface area contributed by atoms with Gasteiger partial charge < -0.3 is 14.5 Å². The zero-order chi connectivity index (χ0) is 16.8. The van der Waals surface area contributed by atoms with E-state index in [1.54, 1.807) is 26.0 Å². The fourth-order valence-corrected chi connectivity index (χ4v) is 1.15. The van der Waals surface area contributed by atoms with Gasteiger partial charge in [-0.15, -0.1) is 0 Å². The van der Waals surface area contributed by atoms with E-state index in [4.69, 9.17) is 20.2 Å². The summed E-state index contributed by atoms with van der Waals surface area (Å²) in [5.41, 5.74) is 1.19. The van der Waals surface area contributed by atoms with E-state index in [0.29, 0.717) is 11.4 Å². The first-order valence-electron chi connectivity index (χ1n) is 6.03. The molecule has 1 aromatic rings. The molecule has 1 aromatic heterocycles. The monoisotopic (exact) mass is 391 g/mol. The van der Waals surface area contributed by atoms with Gasteiger partial charge in [0.1, 0.15) is 0 Å². The van der Waals surface area contributed by atoms with Crippen LogP contribution in [0.15, 0.2) is 22.1 Å². The van der Waals surface area contributed by atoms with Crippen LogP contribution < -0.4 is 0 Å². The summed E-state index contributed by atoms with van der Waals surface area (Å²) in [5, 5.41) is 0. The molecule has 1 N–H and O–H groups in total. The summed E-state index contributed by atoms with van der Waals surface area (Å²) < 4.78 is 9.28. The van der Waals surface area contributed by atoms with Gasteiger partial charge in [-0.1, -0.05) is 0 Å². The molecule has 1 heterocycles. The molecule has 0 radical (unpaired) electrons. The summed E-state index contributed by atoms with van der Waals surface area (Å²) >= 11 is 0.194. The number of H-pyrrole nitrogens is 1. The number of aliphatic imine (C=N–C) groups is 2. The summed E-state index contributed by atoms with van der Waals surface area (Å²) in [6.45, 7) is 3.95. The van der Waals surface area contributed by atoms with Crippen molar-refractivity contribution in [1.82, 2.24) is 4.98 Å². The fraction of sp³-hybridized carbons (Fsp3) is 0.333. The number of hydrogen-bond acceptors (Lipinski definition) is 4. The van der Waals surface area contributed by atoms with Gasteiger partial charge >= 0.3 is 45.5 Å². The standard InChI is InChI=1S/C12H15N3O4.2ClH.Fe/c1-3-18-11(16)13-7-9-5-6-10(15-9)8-14-12(17)19-4-2;;;/h5-8,15H,3-4H2,1-2H3;2*1H;/q;;;+2/p-2/b13-7+,14-8+;;;. The Morgan fingerprint density at radius 2 is 1.45 bits per heavy atom. The number of ether oxygens (including phenoxy) is 2. The number of nitrogens with zero attached hydrogens (tertiary/aromatic N) is 2. The van der Waals surface area contributed by atoms with Gasteiger partial charge in [0, 0.05) is 0 Å². The molecule has 0 aliphatic rings. The number of amides is 2. The first-order valence-corrected chi connectivity index (χ1v) is 9.07. The topological polar surface area (TPSA) is 93.1 Å². The molecular formula is C12H15Cl2FeN3O4. The van der Waals surface area contributed by atoms with E-state index >= 15 is 0 Å². The van der Waals surface area contributed by atoms with Crippen molar-refractivity contribution >= 4 is 44.8 Å². The van der Waals surface area contributed by atoms with Crippen LogP contribution in [0.5, 0.6) is 0 Å². The number of nitrogens with one attached hydrogen (secondary N) is 1. The zero-order valence-electron chi connectivity index (χ0n) is 11.9. The Hall–Kier alpha value is -1.34. The number of aromatic amines is 1. The summed E-state index contributed by atoms with van der Waals surface area (Å²) in [4.78, 5) is 32.0. The molecule has 0 saturated carbocycles. The molecule has 0 aliphatic carbocycles. The number of aromatic nitrogens is 1. The molecule has 22 heavy (non-hydrogen) atoms. The predicted molar refractivity (Wildman–Crippen MR) is 81.7 cm³/mol. The van der Waals surface area contributed by atoms with Crippen molar-refractivity contribution in [3.63, 3.8) is 0 Å². The Morgan fingerprint density at radius 1 is 1.09 bits per heavy atom. The van der Waals surface area contributed by atoms with Crippen molar-refractivity contribution in [3.8, 4) is 0 Å². The van der Waals surface area contributed by atoms with Crippen molar-refractivity contribution in [3.05, 3.63) is 23.5 Å². The van der Waals surface area contributed by atoms with Crippen LogP contribution in [0.3, 0.4) is 0 Å². The quantitative estimate of drug-likeness (QED) is 0.627. The molecular weight excluding hydrogens is 377 g/mol. The van der Waals surface area contributed by atoms with Gasteiger partial charge in [0.05, 0.1) is 37.0 Å². The van der Waals surface area contributed by atoms with E-state index in [0.717, 1.165) is 0 Å². The van der Waals surface area contributed by atoms with E-state index in [1.807, 2.05) is 0 Å². The van der Waals surface area contributed by atoms with Gasteiger partial charge in [0.2, 0.25) is 0 Å². The van der Waals surface area contributed by atoms with Crippen LogP contribution >= 0.6 is 20.2 Å². The molecule has 0 atom stereocenters. The summed E-state index contributed by atoms with van der Waals surface area (Å²) in [6.07, 6.45) is 1.36. The van der Waals surface area contributed by atoms with Crippen LogP contribution in [-0.2, 0) is 22.6 Å². The average Bonchev–Trinajstić information content (AvgIpc) is 2.92. The number of rotatable bonds is 4. The van der Waals surface area contributed by atoms with Crippen LogP contribution in [0.2, 0.25) is 0 Å². The number of carbonyl (C=O) groups is 2. The molecule has 1 rings (SSSR count). The van der Waals surface area contributed by atoms with Gasteiger partial charge in [-0.3, -0.25) is 0 Å². The van der Waals surface area contributed by atoms with Crippen molar-refractivity contribution < 1.29 is 32.2 Å². The SMILES string of the molecule is CCOC(=O)/N=C/c1ccc(/C=N/C(=O)OCC)[nH]1.[Cl][Fe][Cl]. The minimum atomic E-state index is -0.654. The van der Waals surface area contributed by atoms with Crippen LogP contribution in [0.1, 0.15) is 25.2 Å². The second-order valence-corrected chi connectivity index (χ2v) is 5.16. The second kappa shape index (κ2) is 13.3. The van der Waals surface area contributed by atoms with Crippen molar-refractivity contribution in [2.24, 2.45) is 9.98 Å². The molecule has 0 aliphatic heterocycles. The zero-order valence-corrected chi connectivity index (χ0v) is 14.5. The van der Waals surface area contributed by atoms with Gasteiger partial charge in [-0.05, 0) is 26.0 Å². The molecule has 0 saturated heterocycles. The van der Waals surface area contributed by atoms with Crippen LogP contribution in [0, 0.1) is 0 Å². The fourth-order valence-electron chi connectivity index (χ4n) is 1.15. The van der Waals surface area contributed by atoms with Gasteiger partial charge in [-0.25, -0.2) is 9.59 Å². The first-order chi connectivity index (χ1) is 10.6. The summed E-state index contributed by atoms with van der Waals surface area (Å²) in [6, 6.07) is 3.38. The van der Waals surface area contributed by atoms with Gasteiger partial charge in [0.25, 0.3) is 0 Å². The average molecular weight is 392 g/mol. The van der Waals surface area contributed by atoms with Gasteiger partial charge in [0.15, 0.2) is 0 Å². The molecule has 2 amide bonds. The molecule has 10 heteroatoms. The third kappa shape index (κ3) is 10.4. The Labute approximate surface area is 142 Å². The maximum absolute atomic E-state index is 11.0. The Kier molecular flexibility index (Phi) is 12.5. The van der Waals surface area contributed by atoms with Crippen LogP contribution in [0.25, 0.3) is 0 Å². The van der Waals surface area contributed by atoms with E-state index in [9.17, 15) is 9.59 Å². The molecule has 0 spiro atoms. The van der Waals surface area contributed by atoms with Crippen molar-refractivity contribution in [2.75, 3.05) is 13.2 Å².